The highest BCUT2D eigenvalue weighted by molar-refractivity contribution is 5.94. The molecule has 1 unspecified atom stereocenters. The van der Waals surface area contributed by atoms with Gasteiger partial charge in [-0.15, -0.1) is 0 Å². The number of benzene rings is 1. The third-order valence-corrected chi connectivity index (χ3v) is 3.54. The summed E-state index contributed by atoms with van der Waals surface area (Å²) >= 11 is 0. The molecule has 2 N–H and O–H groups in total. The minimum Gasteiger partial charge on any atom is -0.497 e. The van der Waals surface area contributed by atoms with Gasteiger partial charge in [0.05, 0.1) is 7.11 Å². The summed E-state index contributed by atoms with van der Waals surface area (Å²) in [6.07, 6.45) is 2.36. The van der Waals surface area contributed by atoms with E-state index < -0.39 is 0 Å². The van der Waals surface area contributed by atoms with Crippen LogP contribution in [0.2, 0.25) is 0 Å². The molecule has 1 saturated carbocycles. The molecule has 0 spiro atoms. The normalized spacial score (nSPS) is 16.2. The highest BCUT2D eigenvalue weighted by atomic mass is 16.5. The molecular weight excluding hydrogens is 228 g/mol. The quantitative estimate of drug-likeness (QED) is 0.859. The molecule has 0 bridgehead atoms. The van der Waals surface area contributed by atoms with Gasteiger partial charge in [-0.1, -0.05) is 6.07 Å². The van der Waals surface area contributed by atoms with Crippen LogP contribution in [0.1, 0.15) is 23.2 Å². The van der Waals surface area contributed by atoms with Crippen molar-refractivity contribution < 1.29 is 9.53 Å². The molecule has 4 nitrogen and oxygen atoms in total. The minimum atomic E-state index is 0.0104. The molecule has 1 aromatic rings. The van der Waals surface area contributed by atoms with Crippen LogP contribution in [0.5, 0.6) is 5.75 Å². The maximum absolute atomic E-state index is 12.4. The van der Waals surface area contributed by atoms with Crippen molar-refractivity contribution in [1.82, 2.24) is 4.90 Å². The number of hydrogen-bond donors (Lipinski definition) is 1. The molecule has 0 saturated heterocycles. The average Bonchev–Trinajstić information content (AvgIpc) is 3.23. The Morgan fingerprint density at radius 3 is 2.83 bits per heavy atom. The number of carbonyl (C=O) groups excluding carboxylic acids is 1. The number of likely N-dealkylation sites (N-methyl/N-ethyl adjacent to an activating group) is 1. The second-order valence-corrected chi connectivity index (χ2v) is 4.79. The Morgan fingerprint density at radius 2 is 2.28 bits per heavy atom. The topological polar surface area (TPSA) is 55.6 Å². The first kappa shape index (κ1) is 12.9. The van der Waals surface area contributed by atoms with Gasteiger partial charge in [-0.05, 0) is 37.0 Å². The molecule has 1 fully saturated rings. The van der Waals surface area contributed by atoms with Crippen molar-refractivity contribution in [1.29, 1.82) is 0 Å². The van der Waals surface area contributed by atoms with Crippen molar-refractivity contribution in [3.05, 3.63) is 29.8 Å². The van der Waals surface area contributed by atoms with Crippen LogP contribution in [0.25, 0.3) is 0 Å². The lowest BCUT2D eigenvalue weighted by molar-refractivity contribution is 0.0718. The molecular formula is C14H20N2O2. The Hall–Kier alpha value is -1.55. The zero-order valence-electron chi connectivity index (χ0n) is 10.9. The highest BCUT2D eigenvalue weighted by Gasteiger charge is 2.35. The van der Waals surface area contributed by atoms with Gasteiger partial charge < -0.3 is 15.4 Å². The molecule has 18 heavy (non-hydrogen) atoms. The maximum atomic E-state index is 12.4. The zero-order chi connectivity index (χ0) is 13.1. The van der Waals surface area contributed by atoms with Gasteiger partial charge in [-0.3, -0.25) is 4.79 Å². The van der Waals surface area contributed by atoms with Crippen LogP contribution in [0, 0.1) is 5.92 Å². The van der Waals surface area contributed by atoms with E-state index in [0.29, 0.717) is 23.8 Å². The van der Waals surface area contributed by atoms with E-state index in [0.717, 1.165) is 0 Å². The van der Waals surface area contributed by atoms with Gasteiger partial charge in [0.25, 0.3) is 5.91 Å². The summed E-state index contributed by atoms with van der Waals surface area (Å²) in [6, 6.07) is 7.39. The van der Waals surface area contributed by atoms with Gasteiger partial charge in [0.15, 0.2) is 0 Å². The van der Waals surface area contributed by atoms with Gasteiger partial charge in [0, 0.05) is 25.2 Å². The first-order valence-electron chi connectivity index (χ1n) is 6.28. The molecule has 1 atom stereocenters. The third-order valence-electron chi connectivity index (χ3n) is 3.54. The summed E-state index contributed by atoms with van der Waals surface area (Å²) in [4.78, 5) is 14.1. The fourth-order valence-electron chi connectivity index (χ4n) is 2.26. The Morgan fingerprint density at radius 1 is 1.56 bits per heavy atom. The van der Waals surface area contributed by atoms with Gasteiger partial charge in [-0.2, -0.15) is 0 Å². The second kappa shape index (κ2) is 5.40. The van der Waals surface area contributed by atoms with E-state index in [1.54, 1.807) is 18.1 Å². The second-order valence-electron chi connectivity index (χ2n) is 4.79. The molecule has 2 rings (SSSR count). The van der Waals surface area contributed by atoms with Crippen molar-refractivity contribution in [3.8, 4) is 5.75 Å². The number of carbonyl (C=O) groups is 1. The standard InChI is InChI=1S/C14H20N2O2/c1-16(13(9-15)10-6-7-10)14(17)11-4-3-5-12(8-11)18-2/h3-5,8,10,13H,6-7,9,15H2,1-2H3. The van der Waals surface area contributed by atoms with E-state index in [1.807, 2.05) is 25.2 Å². The molecule has 98 valence electrons. The first-order valence-corrected chi connectivity index (χ1v) is 6.28. The summed E-state index contributed by atoms with van der Waals surface area (Å²) in [5.41, 5.74) is 6.42. The molecule has 1 aromatic carbocycles. The average molecular weight is 248 g/mol. The summed E-state index contributed by atoms with van der Waals surface area (Å²) in [5, 5.41) is 0. The van der Waals surface area contributed by atoms with Gasteiger partial charge >= 0.3 is 0 Å². The Balaban J connectivity index is 2.13. The number of hydrogen-bond acceptors (Lipinski definition) is 3. The monoisotopic (exact) mass is 248 g/mol. The fourth-order valence-corrected chi connectivity index (χ4v) is 2.26. The number of nitrogens with two attached hydrogens (primary N) is 1. The van der Waals surface area contributed by atoms with Gasteiger partial charge in [0.1, 0.15) is 5.75 Å². The summed E-state index contributed by atoms with van der Waals surface area (Å²) in [6.45, 7) is 0.525. The molecule has 0 radical (unpaired) electrons. The van der Waals surface area contributed by atoms with Crippen LogP contribution in [-0.2, 0) is 0 Å². The summed E-state index contributed by atoms with van der Waals surface area (Å²) in [7, 11) is 3.43. The SMILES string of the molecule is COc1cccc(C(=O)N(C)C(CN)C2CC2)c1. The molecule has 0 heterocycles. The summed E-state index contributed by atoms with van der Waals surface area (Å²) < 4.78 is 5.14. The molecule has 0 aliphatic heterocycles. The number of amides is 1. The number of rotatable bonds is 5. The van der Waals surface area contributed by atoms with E-state index in [-0.39, 0.29) is 11.9 Å². The van der Waals surface area contributed by atoms with E-state index in [9.17, 15) is 4.79 Å². The number of nitrogens with zero attached hydrogens (tertiary/aromatic N) is 1. The van der Waals surface area contributed by atoms with Gasteiger partial charge in [0.2, 0.25) is 0 Å². The predicted molar refractivity (Wildman–Crippen MR) is 70.7 cm³/mol. The van der Waals surface area contributed by atoms with Crippen LogP contribution in [0.15, 0.2) is 24.3 Å². The predicted octanol–water partition coefficient (Wildman–Crippen LogP) is 1.50. The molecule has 4 heteroatoms. The Kier molecular flexibility index (Phi) is 3.87. The van der Waals surface area contributed by atoms with Crippen LogP contribution in [0.3, 0.4) is 0 Å². The maximum Gasteiger partial charge on any atom is 0.254 e. The van der Waals surface area contributed by atoms with Crippen LogP contribution < -0.4 is 10.5 Å². The van der Waals surface area contributed by atoms with Gasteiger partial charge in [-0.25, -0.2) is 0 Å². The lowest BCUT2D eigenvalue weighted by Crippen LogP contribution is -2.43. The number of ether oxygens (including phenoxy) is 1. The zero-order valence-corrected chi connectivity index (χ0v) is 10.9. The molecule has 1 aliphatic rings. The largest absolute Gasteiger partial charge is 0.497 e. The smallest absolute Gasteiger partial charge is 0.254 e. The number of methoxy groups -OCH3 is 1. The van der Waals surface area contributed by atoms with Crippen LogP contribution in [-0.4, -0.2) is 37.6 Å². The first-order chi connectivity index (χ1) is 8.67. The van der Waals surface area contributed by atoms with Crippen molar-refractivity contribution in [2.75, 3.05) is 20.7 Å². The molecule has 0 aromatic heterocycles. The van der Waals surface area contributed by atoms with Crippen molar-refractivity contribution in [3.63, 3.8) is 0 Å². The third kappa shape index (κ3) is 2.64. The fraction of sp³-hybridized carbons (Fsp3) is 0.500. The Labute approximate surface area is 108 Å². The minimum absolute atomic E-state index is 0.0104. The van der Waals surface area contributed by atoms with E-state index in [2.05, 4.69) is 0 Å². The lowest BCUT2D eigenvalue weighted by atomic mass is 10.1. The van der Waals surface area contributed by atoms with Crippen LogP contribution >= 0.6 is 0 Å². The molecule has 1 amide bonds. The highest BCUT2D eigenvalue weighted by Crippen LogP contribution is 2.35. The van der Waals surface area contributed by atoms with Crippen molar-refractivity contribution >= 4 is 5.91 Å². The van der Waals surface area contributed by atoms with Crippen LogP contribution in [0.4, 0.5) is 0 Å². The van der Waals surface area contributed by atoms with E-state index in [4.69, 9.17) is 10.5 Å². The lowest BCUT2D eigenvalue weighted by Gasteiger charge is -2.27. The Bertz CT molecular complexity index is 430. The van der Waals surface area contributed by atoms with E-state index >= 15 is 0 Å². The van der Waals surface area contributed by atoms with E-state index in [1.165, 1.54) is 12.8 Å². The molecule has 1 aliphatic carbocycles. The summed E-state index contributed by atoms with van der Waals surface area (Å²) in [5.74, 6) is 1.29. The van der Waals surface area contributed by atoms with Crippen molar-refractivity contribution in [2.24, 2.45) is 11.7 Å². The van der Waals surface area contributed by atoms with Crippen molar-refractivity contribution in [2.45, 2.75) is 18.9 Å².